The van der Waals surface area contributed by atoms with Crippen LogP contribution in [-0.2, 0) is 0 Å². The van der Waals surface area contributed by atoms with Gasteiger partial charge in [0.15, 0.2) is 0 Å². The molecule has 6 heterocycles. The van der Waals surface area contributed by atoms with Crippen molar-refractivity contribution in [1.29, 1.82) is 0 Å². The van der Waals surface area contributed by atoms with E-state index in [0.29, 0.717) is 38.1 Å². The van der Waals surface area contributed by atoms with Crippen LogP contribution in [0.3, 0.4) is 0 Å². The van der Waals surface area contributed by atoms with E-state index >= 15 is 0 Å². The van der Waals surface area contributed by atoms with Gasteiger partial charge in [-0.3, -0.25) is 8.80 Å². The van der Waals surface area contributed by atoms with Crippen LogP contribution in [0.5, 0.6) is 0 Å². The van der Waals surface area contributed by atoms with E-state index in [-0.39, 0.29) is 39.4 Å². The minimum absolute atomic E-state index is 0.0000571. The van der Waals surface area contributed by atoms with Gasteiger partial charge in [0, 0.05) is 34.6 Å². The summed E-state index contributed by atoms with van der Waals surface area (Å²) in [7, 11) is 0. The smallest absolute Gasteiger partial charge is 0.257 e. The minimum atomic E-state index is -2.69. The van der Waals surface area contributed by atoms with E-state index in [1.165, 1.54) is 80.8 Å². The fraction of sp³-hybridized carbons (Fsp3) is 0.273. The van der Waals surface area contributed by atoms with Crippen molar-refractivity contribution in [3.8, 4) is 24.2 Å². The van der Waals surface area contributed by atoms with Gasteiger partial charge < -0.3 is 9.80 Å². The maximum Gasteiger partial charge on any atom is 0.257 e. The fourth-order valence-corrected chi connectivity index (χ4v) is 6.84. The van der Waals surface area contributed by atoms with Gasteiger partial charge in [0.1, 0.15) is 46.2 Å². The first-order chi connectivity index (χ1) is 30.2. The molecule has 2 fully saturated rings. The number of alkyl halides is 4. The Bertz CT molecular complexity index is 3080. The SMILES string of the molecule is C#CC1(C)CC1.CC1(C#Cc2cc(N(CC(F)F)c3nc4nncn4c4cccc(F)c34)ccn2)CC1.Fc1cccc2c1c(N(CC(F)F)c1ccnc(Br)c1)nc1nncn12. The standard InChI is InChI=1S/C22H17F3N6.C16H10BrF3N6.C6H8/c1-22(8-9-22)7-5-14-11-15(6-10-26-14)30(12-18(24)25)20-19-16(23)3-2-4-17(19)31-13-27-29-21(31)28-20;17-12-6-9(4-5-21-12)25(7-13(19)20)15-14-10(18)2-1-3-11(14)26-8-22-24-16(26)23-15;1-3-6(2)4-5-6/h2-4,6,10-11,13,18H,8-9,12H2,1H3;1-6,8,13H,7H2;1H,4-5H2,2H3. The van der Waals surface area contributed by atoms with E-state index in [1.807, 2.05) is 0 Å². The highest BCUT2D eigenvalue weighted by molar-refractivity contribution is 9.10. The maximum absolute atomic E-state index is 14.9. The molecule has 2 aromatic carbocycles. The number of hydrogen-bond acceptors (Lipinski definition) is 10. The van der Waals surface area contributed by atoms with Crippen LogP contribution in [0, 0.1) is 46.6 Å². The molecule has 0 bridgehead atoms. The van der Waals surface area contributed by atoms with Crippen molar-refractivity contribution < 1.29 is 26.3 Å². The Morgan fingerprint density at radius 2 is 1.21 bits per heavy atom. The zero-order valence-corrected chi connectivity index (χ0v) is 35.2. The molecule has 63 heavy (non-hydrogen) atoms. The second kappa shape index (κ2) is 17.5. The molecule has 10 rings (SSSR count). The minimum Gasteiger partial charge on any atom is -0.320 e. The Balaban J connectivity index is 0.000000154. The number of nitrogens with zero attached hydrogens (tertiary/aromatic N) is 12. The van der Waals surface area contributed by atoms with E-state index in [1.54, 1.807) is 36.4 Å². The number of rotatable bonds is 8. The van der Waals surface area contributed by atoms with Crippen LogP contribution >= 0.6 is 15.9 Å². The first-order valence-corrected chi connectivity index (χ1v) is 20.3. The number of benzene rings is 2. The Morgan fingerprint density at radius 3 is 1.65 bits per heavy atom. The molecule has 19 heteroatoms. The summed E-state index contributed by atoms with van der Waals surface area (Å²) in [6, 6.07) is 15.2. The molecule has 2 saturated carbocycles. The van der Waals surface area contributed by atoms with Crippen molar-refractivity contribution in [2.24, 2.45) is 10.8 Å². The summed E-state index contributed by atoms with van der Waals surface area (Å²) in [5.74, 6) is 8.21. The summed E-state index contributed by atoms with van der Waals surface area (Å²) < 4.78 is 86.8. The molecular formula is C44H35BrF6N12. The Hall–Kier alpha value is -6.86. The number of aromatic nitrogens is 10. The normalized spacial score (nSPS) is 14.4. The number of hydrogen-bond donors (Lipinski definition) is 0. The number of halogens is 7. The lowest BCUT2D eigenvalue weighted by Gasteiger charge is -2.25. The Labute approximate surface area is 364 Å². The van der Waals surface area contributed by atoms with Crippen LogP contribution in [0.1, 0.15) is 45.2 Å². The average Bonchev–Trinajstić information content (AvgIpc) is 4.04. The summed E-state index contributed by atoms with van der Waals surface area (Å²) in [5.41, 5.74) is 2.43. The van der Waals surface area contributed by atoms with E-state index in [4.69, 9.17) is 6.42 Å². The van der Waals surface area contributed by atoms with Gasteiger partial charge in [0.2, 0.25) is 0 Å². The molecular weight excluding hydrogens is 890 g/mol. The van der Waals surface area contributed by atoms with Crippen LogP contribution in [0.25, 0.3) is 33.4 Å². The van der Waals surface area contributed by atoms with Gasteiger partial charge >= 0.3 is 0 Å². The van der Waals surface area contributed by atoms with Crippen LogP contribution in [-0.4, -0.2) is 75.1 Å². The van der Waals surface area contributed by atoms with Gasteiger partial charge in [-0.15, -0.1) is 32.7 Å². The van der Waals surface area contributed by atoms with Crippen molar-refractivity contribution >= 4 is 72.3 Å². The van der Waals surface area contributed by atoms with Gasteiger partial charge in [-0.05, 0) is 110 Å². The van der Waals surface area contributed by atoms with Gasteiger partial charge in [-0.25, -0.2) is 36.3 Å². The number of fused-ring (bicyclic) bond motifs is 6. The predicted octanol–water partition coefficient (Wildman–Crippen LogP) is 9.76. The van der Waals surface area contributed by atoms with Gasteiger partial charge in [-0.2, -0.15) is 9.97 Å². The molecule has 12 nitrogen and oxygen atoms in total. The van der Waals surface area contributed by atoms with Crippen LogP contribution in [0.2, 0.25) is 0 Å². The monoisotopic (exact) mass is 924 g/mol. The first-order valence-electron chi connectivity index (χ1n) is 19.5. The number of terminal acetylenes is 1. The lowest BCUT2D eigenvalue weighted by Crippen LogP contribution is -2.25. The highest BCUT2D eigenvalue weighted by Crippen LogP contribution is 2.44. The fourth-order valence-electron chi connectivity index (χ4n) is 6.49. The molecule has 8 aromatic rings. The molecule has 0 radical (unpaired) electrons. The molecule has 6 aromatic heterocycles. The lowest BCUT2D eigenvalue weighted by molar-refractivity contribution is 0.157. The summed E-state index contributed by atoms with van der Waals surface area (Å²) in [4.78, 5) is 19.4. The van der Waals surface area contributed by atoms with E-state index < -0.39 is 37.6 Å². The lowest BCUT2D eigenvalue weighted by atomic mass is 10.1. The van der Waals surface area contributed by atoms with Gasteiger partial charge in [0.05, 0.1) is 34.9 Å². The molecule has 0 aliphatic heterocycles. The quantitative estimate of drug-likeness (QED) is 0.0828. The van der Waals surface area contributed by atoms with E-state index in [9.17, 15) is 26.3 Å². The third kappa shape index (κ3) is 9.48. The molecule has 0 amide bonds. The Morgan fingerprint density at radius 1 is 0.714 bits per heavy atom. The van der Waals surface area contributed by atoms with Crippen molar-refractivity contribution in [3.63, 3.8) is 0 Å². The predicted molar refractivity (Wildman–Crippen MR) is 229 cm³/mol. The topological polar surface area (TPSA) is 118 Å². The molecule has 0 spiro atoms. The largest absolute Gasteiger partial charge is 0.320 e. The number of pyridine rings is 2. The average molecular weight is 926 g/mol. The van der Waals surface area contributed by atoms with E-state index in [2.05, 4.69) is 87.9 Å². The summed E-state index contributed by atoms with van der Waals surface area (Å²) in [6.07, 6.45) is 10.1. The van der Waals surface area contributed by atoms with Crippen LogP contribution in [0.15, 0.2) is 90.3 Å². The number of anilines is 4. The first kappa shape index (κ1) is 42.8. The van der Waals surface area contributed by atoms with Gasteiger partial charge in [0.25, 0.3) is 24.4 Å². The van der Waals surface area contributed by atoms with Crippen LogP contribution < -0.4 is 9.80 Å². The second-order valence-corrected chi connectivity index (χ2v) is 16.2. The molecule has 2 aliphatic carbocycles. The molecule has 0 saturated heterocycles. The van der Waals surface area contributed by atoms with Crippen LogP contribution in [0.4, 0.5) is 49.4 Å². The highest BCUT2D eigenvalue weighted by atomic mass is 79.9. The molecule has 0 N–H and O–H groups in total. The zero-order valence-electron chi connectivity index (χ0n) is 33.6. The molecule has 0 unspecified atom stereocenters. The van der Waals surface area contributed by atoms with E-state index in [0.717, 1.165) is 12.8 Å². The Kier molecular flexibility index (Phi) is 11.9. The third-order valence-electron chi connectivity index (χ3n) is 10.5. The van der Waals surface area contributed by atoms with Gasteiger partial charge in [-0.1, -0.05) is 18.1 Å². The van der Waals surface area contributed by atoms with Crippen molar-refractivity contribution in [1.82, 2.24) is 49.1 Å². The third-order valence-corrected chi connectivity index (χ3v) is 10.9. The summed E-state index contributed by atoms with van der Waals surface area (Å²) >= 11 is 3.22. The summed E-state index contributed by atoms with van der Waals surface area (Å²) in [6.45, 7) is 2.83. The van der Waals surface area contributed by atoms with Crippen molar-refractivity contribution in [2.75, 3.05) is 22.9 Å². The highest BCUT2D eigenvalue weighted by Gasteiger charge is 2.35. The second-order valence-electron chi connectivity index (χ2n) is 15.4. The summed E-state index contributed by atoms with van der Waals surface area (Å²) in [5, 5.41) is 15.6. The molecule has 320 valence electrons. The zero-order chi connectivity index (χ0) is 44.5. The molecule has 0 atom stereocenters. The van der Waals surface area contributed by atoms with Crippen molar-refractivity contribution in [3.05, 3.63) is 108 Å². The van der Waals surface area contributed by atoms with Crippen molar-refractivity contribution in [2.45, 2.75) is 52.4 Å². The molecule has 2 aliphatic rings. The maximum atomic E-state index is 14.9.